The average Bonchev–Trinajstić information content (AvgIpc) is 2.97. The summed E-state index contributed by atoms with van der Waals surface area (Å²) in [4.78, 5) is 0. The highest BCUT2D eigenvalue weighted by Crippen LogP contribution is 2.31. The van der Waals surface area contributed by atoms with E-state index >= 15 is 0 Å². The monoisotopic (exact) mass is 319 g/mol. The molecule has 2 aromatic heterocycles. The van der Waals surface area contributed by atoms with Gasteiger partial charge in [0.15, 0.2) is 0 Å². The van der Waals surface area contributed by atoms with Crippen LogP contribution in [0.3, 0.4) is 0 Å². The number of aryl methyl sites for hydroxylation is 1. The Bertz CT molecular complexity index is 804. The summed E-state index contributed by atoms with van der Waals surface area (Å²) in [5.74, 6) is 0. The maximum Gasteiger partial charge on any atom is 0.416 e. The zero-order valence-corrected chi connectivity index (χ0v) is 12.6. The van der Waals surface area contributed by atoms with E-state index in [0.717, 1.165) is 42.6 Å². The van der Waals surface area contributed by atoms with Crippen molar-refractivity contribution in [3.8, 4) is 11.3 Å². The smallest absolute Gasteiger partial charge is 0.217 e. The van der Waals surface area contributed by atoms with Crippen molar-refractivity contribution >= 4 is 5.52 Å². The molecule has 0 aliphatic carbocycles. The van der Waals surface area contributed by atoms with Crippen LogP contribution >= 0.6 is 0 Å². The second kappa shape index (κ2) is 6.02. The van der Waals surface area contributed by atoms with Gasteiger partial charge in [-0.25, -0.2) is 4.52 Å². The van der Waals surface area contributed by atoms with E-state index in [0.29, 0.717) is 11.3 Å². The third kappa shape index (κ3) is 3.06. The summed E-state index contributed by atoms with van der Waals surface area (Å²) < 4.78 is 39.7. The first kappa shape index (κ1) is 15.5. The molecule has 6 heteroatoms. The topological polar surface area (TPSA) is 30.2 Å². The van der Waals surface area contributed by atoms with Gasteiger partial charge in [-0.3, -0.25) is 0 Å². The van der Waals surface area contributed by atoms with E-state index in [9.17, 15) is 13.2 Å². The quantitative estimate of drug-likeness (QED) is 0.694. The number of nitrogens with zero attached hydrogens (tertiary/aromatic N) is 3. The predicted molar refractivity (Wildman–Crippen MR) is 82.0 cm³/mol. The van der Waals surface area contributed by atoms with Gasteiger partial charge >= 0.3 is 6.18 Å². The highest BCUT2D eigenvalue weighted by Gasteiger charge is 2.30. The second-order valence-corrected chi connectivity index (χ2v) is 5.43. The maximum atomic E-state index is 12.7. The number of hydrogen-bond acceptors (Lipinski definition) is 2. The van der Waals surface area contributed by atoms with Crippen molar-refractivity contribution in [3.63, 3.8) is 0 Å². The second-order valence-electron chi connectivity index (χ2n) is 5.43. The standard InChI is InChI=1S/C17H16F3N3/c1-2-3-5-14-6-4-7-15-16(21-22-23(14)15)12-8-10-13(11-9-12)17(18,19)20/h4,6-11H,2-3,5H2,1H3. The molecule has 0 atom stereocenters. The Labute approximate surface area is 131 Å². The Hall–Kier alpha value is -2.37. The Morgan fingerprint density at radius 2 is 1.78 bits per heavy atom. The van der Waals surface area contributed by atoms with Gasteiger partial charge < -0.3 is 0 Å². The van der Waals surface area contributed by atoms with E-state index in [1.54, 1.807) is 4.52 Å². The van der Waals surface area contributed by atoms with Crippen LogP contribution in [-0.4, -0.2) is 14.8 Å². The van der Waals surface area contributed by atoms with Crippen molar-refractivity contribution in [2.24, 2.45) is 0 Å². The van der Waals surface area contributed by atoms with E-state index in [2.05, 4.69) is 17.2 Å². The van der Waals surface area contributed by atoms with Crippen LogP contribution in [0.15, 0.2) is 42.5 Å². The lowest BCUT2D eigenvalue weighted by Gasteiger charge is -2.07. The molecule has 0 aliphatic heterocycles. The minimum absolute atomic E-state index is 0.595. The Morgan fingerprint density at radius 1 is 1.04 bits per heavy atom. The average molecular weight is 319 g/mol. The van der Waals surface area contributed by atoms with Gasteiger partial charge in [-0.2, -0.15) is 13.2 Å². The predicted octanol–water partition coefficient (Wildman–Crippen LogP) is 4.76. The minimum atomic E-state index is -4.33. The summed E-state index contributed by atoms with van der Waals surface area (Å²) in [5.41, 5.74) is 2.41. The summed E-state index contributed by atoms with van der Waals surface area (Å²) in [6.45, 7) is 2.12. The van der Waals surface area contributed by atoms with Crippen LogP contribution in [0.25, 0.3) is 16.8 Å². The fraction of sp³-hybridized carbons (Fsp3) is 0.294. The summed E-state index contributed by atoms with van der Waals surface area (Å²) >= 11 is 0. The lowest BCUT2D eigenvalue weighted by Crippen LogP contribution is -2.04. The fourth-order valence-corrected chi connectivity index (χ4v) is 2.54. The lowest BCUT2D eigenvalue weighted by molar-refractivity contribution is -0.137. The number of fused-ring (bicyclic) bond motifs is 1. The number of hydrogen-bond donors (Lipinski definition) is 0. The van der Waals surface area contributed by atoms with E-state index in [1.165, 1.54) is 12.1 Å². The van der Waals surface area contributed by atoms with Gasteiger partial charge in [-0.1, -0.05) is 36.8 Å². The number of benzene rings is 1. The van der Waals surface area contributed by atoms with Crippen molar-refractivity contribution < 1.29 is 13.2 Å². The molecule has 0 bridgehead atoms. The SMILES string of the molecule is CCCCc1cccc2c(-c3ccc(C(F)(F)F)cc3)nnn12. The third-order valence-corrected chi connectivity index (χ3v) is 3.79. The van der Waals surface area contributed by atoms with E-state index in [4.69, 9.17) is 0 Å². The Morgan fingerprint density at radius 3 is 2.43 bits per heavy atom. The van der Waals surface area contributed by atoms with E-state index in [1.807, 2.05) is 18.2 Å². The molecule has 120 valence electrons. The number of pyridine rings is 1. The molecule has 0 saturated carbocycles. The number of unbranched alkanes of at least 4 members (excludes halogenated alkanes) is 1. The fourth-order valence-electron chi connectivity index (χ4n) is 2.54. The largest absolute Gasteiger partial charge is 0.416 e. The molecule has 3 rings (SSSR count). The van der Waals surface area contributed by atoms with Crippen LogP contribution in [0.2, 0.25) is 0 Å². The van der Waals surface area contributed by atoms with Crippen LogP contribution in [-0.2, 0) is 12.6 Å². The van der Waals surface area contributed by atoms with Crippen molar-refractivity contribution in [1.82, 2.24) is 14.8 Å². The molecule has 0 spiro atoms. The van der Waals surface area contributed by atoms with Gasteiger partial charge in [0.05, 0.1) is 11.1 Å². The van der Waals surface area contributed by atoms with Crippen LogP contribution in [0.1, 0.15) is 31.0 Å². The molecule has 3 nitrogen and oxygen atoms in total. The van der Waals surface area contributed by atoms with Crippen molar-refractivity contribution in [2.75, 3.05) is 0 Å². The van der Waals surface area contributed by atoms with Gasteiger partial charge in [0, 0.05) is 11.3 Å². The Kier molecular flexibility index (Phi) is 4.07. The molecule has 0 amide bonds. The molecular formula is C17H16F3N3. The van der Waals surface area contributed by atoms with Crippen LogP contribution in [0.4, 0.5) is 13.2 Å². The molecule has 0 N–H and O–H groups in total. The number of halogens is 3. The molecule has 2 heterocycles. The normalized spacial score (nSPS) is 12.0. The van der Waals surface area contributed by atoms with Gasteiger partial charge in [0.1, 0.15) is 5.69 Å². The molecule has 23 heavy (non-hydrogen) atoms. The third-order valence-electron chi connectivity index (χ3n) is 3.79. The highest BCUT2D eigenvalue weighted by atomic mass is 19.4. The van der Waals surface area contributed by atoms with Gasteiger partial charge in [-0.05, 0) is 37.1 Å². The summed E-state index contributed by atoms with van der Waals surface area (Å²) in [6.07, 6.45) is -1.31. The highest BCUT2D eigenvalue weighted by molar-refractivity contribution is 5.76. The lowest BCUT2D eigenvalue weighted by atomic mass is 10.1. The molecule has 0 radical (unpaired) electrons. The zero-order chi connectivity index (χ0) is 16.4. The number of alkyl halides is 3. The molecule has 0 saturated heterocycles. The first-order chi connectivity index (χ1) is 11.0. The number of aromatic nitrogens is 3. The van der Waals surface area contributed by atoms with Gasteiger partial charge in [0.2, 0.25) is 0 Å². The first-order valence-electron chi connectivity index (χ1n) is 7.51. The van der Waals surface area contributed by atoms with Crippen LogP contribution in [0, 0.1) is 0 Å². The van der Waals surface area contributed by atoms with Gasteiger partial charge in [-0.15, -0.1) is 5.10 Å². The Balaban J connectivity index is 2.00. The maximum absolute atomic E-state index is 12.7. The van der Waals surface area contributed by atoms with Crippen molar-refractivity contribution in [1.29, 1.82) is 0 Å². The van der Waals surface area contributed by atoms with Crippen LogP contribution in [0.5, 0.6) is 0 Å². The summed E-state index contributed by atoms with van der Waals surface area (Å²) in [7, 11) is 0. The summed E-state index contributed by atoms with van der Waals surface area (Å²) in [6, 6.07) is 10.8. The molecule has 1 aromatic carbocycles. The first-order valence-corrected chi connectivity index (χ1v) is 7.51. The molecule has 0 aliphatic rings. The molecule has 3 aromatic rings. The van der Waals surface area contributed by atoms with Crippen molar-refractivity contribution in [2.45, 2.75) is 32.4 Å². The van der Waals surface area contributed by atoms with Crippen molar-refractivity contribution in [3.05, 3.63) is 53.7 Å². The minimum Gasteiger partial charge on any atom is -0.217 e. The number of rotatable bonds is 4. The van der Waals surface area contributed by atoms with Crippen LogP contribution < -0.4 is 0 Å². The molecule has 0 fully saturated rings. The molecular weight excluding hydrogens is 303 g/mol. The molecule has 0 unspecified atom stereocenters. The van der Waals surface area contributed by atoms with E-state index in [-0.39, 0.29) is 0 Å². The van der Waals surface area contributed by atoms with Gasteiger partial charge in [0.25, 0.3) is 0 Å². The zero-order valence-electron chi connectivity index (χ0n) is 12.6. The van der Waals surface area contributed by atoms with E-state index < -0.39 is 11.7 Å². The summed E-state index contributed by atoms with van der Waals surface area (Å²) in [5, 5.41) is 8.32.